The average Bonchev–Trinajstić information content (AvgIpc) is 1.97. The van der Waals surface area contributed by atoms with Gasteiger partial charge in [-0.15, -0.1) is 0 Å². The molecule has 0 amide bonds. The minimum Gasteiger partial charge on any atom is -0.379 e. The van der Waals surface area contributed by atoms with Crippen molar-refractivity contribution < 1.29 is 13.2 Å². The Morgan fingerprint density at radius 3 is 2.50 bits per heavy atom. The van der Waals surface area contributed by atoms with Crippen LogP contribution in [0.15, 0.2) is 11.2 Å². The zero-order chi connectivity index (χ0) is 9.78. The van der Waals surface area contributed by atoms with E-state index in [1.807, 2.05) is 0 Å². The molecule has 0 bridgehead atoms. The molecule has 72 valence electrons. The molecule has 0 spiro atoms. The molecule has 2 nitrogen and oxygen atoms in total. The van der Waals surface area contributed by atoms with Gasteiger partial charge in [0.25, 0.3) is 0 Å². The lowest BCUT2D eigenvalue weighted by Gasteiger charge is -2.13. The topological polar surface area (TPSA) is 38.0 Å². The molecule has 6 heteroatoms. The first-order valence-electron chi connectivity index (χ1n) is 3.23. The molecule has 0 aliphatic carbocycles. The van der Waals surface area contributed by atoms with Crippen LogP contribution >= 0.6 is 11.6 Å². The minimum atomic E-state index is -4.36. The largest absolute Gasteiger partial charge is 0.403 e. The highest BCUT2D eigenvalue weighted by Crippen LogP contribution is 2.21. The van der Waals surface area contributed by atoms with Crippen LogP contribution in [-0.2, 0) is 0 Å². The van der Waals surface area contributed by atoms with Crippen molar-refractivity contribution in [3.8, 4) is 0 Å². The molecular weight excluding hydrogens is 193 g/mol. The molecule has 0 aliphatic heterocycles. The van der Waals surface area contributed by atoms with Gasteiger partial charge in [-0.1, -0.05) is 11.6 Å². The number of halogens is 4. The van der Waals surface area contributed by atoms with E-state index in [0.717, 1.165) is 0 Å². The molecule has 12 heavy (non-hydrogen) atoms. The second-order valence-electron chi connectivity index (χ2n) is 2.19. The van der Waals surface area contributed by atoms with Crippen LogP contribution in [0, 0.1) is 0 Å². The number of alkyl halides is 3. The summed E-state index contributed by atoms with van der Waals surface area (Å²) in [6.07, 6.45) is -3.48. The fourth-order valence-corrected chi connectivity index (χ4v) is 0.555. The van der Waals surface area contributed by atoms with Crippen LogP contribution in [0.5, 0.6) is 0 Å². The molecule has 0 fully saturated rings. The molecule has 0 saturated carbocycles. The molecule has 0 heterocycles. The third-order valence-corrected chi connectivity index (χ3v) is 1.55. The van der Waals surface area contributed by atoms with Gasteiger partial charge in [0.1, 0.15) is 6.04 Å². The highest BCUT2D eigenvalue weighted by Gasteiger charge is 2.35. The van der Waals surface area contributed by atoms with Crippen LogP contribution in [-0.4, -0.2) is 19.3 Å². The van der Waals surface area contributed by atoms with Crippen molar-refractivity contribution in [2.75, 3.05) is 7.05 Å². The zero-order valence-corrected chi connectivity index (χ0v) is 7.21. The summed E-state index contributed by atoms with van der Waals surface area (Å²) in [5.41, 5.74) is 4.80. The highest BCUT2D eigenvalue weighted by molar-refractivity contribution is 6.29. The molecular formula is C6H10ClF3N2. The number of nitrogens with two attached hydrogens (primary N) is 1. The van der Waals surface area contributed by atoms with Crippen LogP contribution in [0.2, 0.25) is 0 Å². The maximum absolute atomic E-state index is 11.8. The number of hydrogen-bond acceptors (Lipinski definition) is 2. The number of rotatable bonds is 3. The first kappa shape index (κ1) is 11.6. The van der Waals surface area contributed by atoms with Gasteiger partial charge in [-0.05, 0) is 12.5 Å². The third-order valence-electron chi connectivity index (χ3n) is 1.21. The van der Waals surface area contributed by atoms with Gasteiger partial charge < -0.3 is 11.1 Å². The molecule has 0 rings (SSSR count). The lowest BCUT2D eigenvalue weighted by molar-refractivity contribution is -0.146. The second kappa shape index (κ2) is 4.57. The Balaban J connectivity index is 3.94. The van der Waals surface area contributed by atoms with Gasteiger partial charge in [0, 0.05) is 7.05 Å². The van der Waals surface area contributed by atoms with E-state index in [0.29, 0.717) is 0 Å². The molecule has 0 radical (unpaired) electrons. The summed E-state index contributed by atoms with van der Waals surface area (Å²) >= 11 is 5.39. The summed E-state index contributed by atoms with van der Waals surface area (Å²) in [6, 6.07) is -1.85. The average molecular weight is 203 g/mol. The Morgan fingerprint density at radius 2 is 2.17 bits per heavy atom. The van der Waals surface area contributed by atoms with Gasteiger partial charge in [0.05, 0.1) is 5.16 Å². The van der Waals surface area contributed by atoms with Gasteiger partial charge >= 0.3 is 6.18 Å². The molecule has 0 aromatic heterocycles. The lowest BCUT2D eigenvalue weighted by atomic mass is 10.2. The van der Waals surface area contributed by atoms with Crippen molar-refractivity contribution in [2.24, 2.45) is 5.73 Å². The first-order chi connectivity index (χ1) is 5.38. The predicted octanol–water partition coefficient (Wildman–Crippen LogP) is 1.57. The van der Waals surface area contributed by atoms with Crippen molar-refractivity contribution in [3.05, 3.63) is 11.2 Å². The van der Waals surface area contributed by atoms with E-state index in [9.17, 15) is 13.2 Å². The van der Waals surface area contributed by atoms with Crippen molar-refractivity contribution >= 4 is 11.6 Å². The monoisotopic (exact) mass is 202 g/mol. The van der Waals surface area contributed by atoms with Gasteiger partial charge in [-0.2, -0.15) is 13.2 Å². The Bertz CT molecular complexity index is 167. The summed E-state index contributed by atoms with van der Waals surface area (Å²) in [6.45, 7) is 0. The molecule has 1 unspecified atom stereocenters. The van der Waals surface area contributed by atoms with E-state index in [1.54, 1.807) is 0 Å². The molecule has 3 N–H and O–H groups in total. The van der Waals surface area contributed by atoms with E-state index >= 15 is 0 Å². The number of hydrogen-bond donors (Lipinski definition) is 2. The summed E-state index contributed by atoms with van der Waals surface area (Å²) in [5, 5.41) is 2.64. The van der Waals surface area contributed by atoms with E-state index in [4.69, 9.17) is 17.3 Å². The van der Waals surface area contributed by atoms with Gasteiger partial charge in [-0.25, -0.2) is 0 Å². The van der Waals surface area contributed by atoms with Crippen molar-refractivity contribution in [3.63, 3.8) is 0 Å². The Morgan fingerprint density at radius 1 is 1.67 bits per heavy atom. The van der Waals surface area contributed by atoms with Crippen LogP contribution in [0.1, 0.15) is 6.42 Å². The van der Waals surface area contributed by atoms with Gasteiger partial charge in [0.2, 0.25) is 0 Å². The van der Waals surface area contributed by atoms with Gasteiger partial charge in [-0.3, -0.25) is 0 Å². The van der Waals surface area contributed by atoms with Crippen LogP contribution < -0.4 is 11.1 Å². The summed E-state index contributed by atoms with van der Waals surface area (Å²) in [4.78, 5) is 0. The van der Waals surface area contributed by atoms with E-state index in [-0.39, 0.29) is 11.6 Å². The van der Waals surface area contributed by atoms with Crippen molar-refractivity contribution in [1.82, 2.24) is 5.32 Å². The van der Waals surface area contributed by atoms with Crippen LogP contribution in [0.4, 0.5) is 13.2 Å². The van der Waals surface area contributed by atoms with Crippen LogP contribution in [0.3, 0.4) is 0 Å². The summed E-state index contributed by atoms with van der Waals surface area (Å²) in [7, 11) is 1.51. The quantitative estimate of drug-likeness (QED) is 0.682. The van der Waals surface area contributed by atoms with E-state index in [2.05, 4.69) is 5.32 Å². The molecule has 1 atom stereocenters. The molecule has 0 aromatic carbocycles. The van der Waals surface area contributed by atoms with Crippen LogP contribution in [0.25, 0.3) is 0 Å². The second-order valence-corrected chi connectivity index (χ2v) is 2.59. The summed E-state index contributed by atoms with van der Waals surface area (Å²) < 4.78 is 35.4. The first-order valence-corrected chi connectivity index (χ1v) is 3.61. The predicted molar refractivity (Wildman–Crippen MR) is 41.6 cm³/mol. The molecule has 0 aliphatic rings. The fourth-order valence-electron chi connectivity index (χ4n) is 0.466. The lowest BCUT2D eigenvalue weighted by Crippen LogP contribution is -2.36. The normalized spacial score (nSPS) is 16.0. The zero-order valence-electron chi connectivity index (χ0n) is 6.45. The van der Waals surface area contributed by atoms with Crippen molar-refractivity contribution in [2.45, 2.75) is 18.6 Å². The smallest absolute Gasteiger partial charge is 0.379 e. The minimum absolute atomic E-state index is 0.162. The van der Waals surface area contributed by atoms with Gasteiger partial charge in [0.15, 0.2) is 0 Å². The maximum Gasteiger partial charge on any atom is 0.403 e. The van der Waals surface area contributed by atoms with E-state index in [1.165, 1.54) is 13.1 Å². The Kier molecular flexibility index (Phi) is 4.41. The standard InChI is InChI=1S/C6H10ClF3N2/c1-12-5(7)3-2-4(11)6(8,9)10/h3-4,12H,2,11H2,1H3/b5-3-. The Labute approximate surface area is 73.6 Å². The number of nitrogens with one attached hydrogen (secondary N) is 1. The van der Waals surface area contributed by atoms with E-state index < -0.39 is 12.2 Å². The fraction of sp³-hybridized carbons (Fsp3) is 0.667. The highest BCUT2D eigenvalue weighted by atomic mass is 35.5. The Hall–Kier alpha value is -0.420. The summed E-state index contributed by atoms with van der Waals surface area (Å²) in [5.74, 6) is 0. The van der Waals surface area contributed by atoms with Crippen molar-refractivity contribution in [1.29, 1.82) is 0 Å². The molecule has 0 saturated heterocycles. The molecule has 0 aromatic rings. The SMILES string of the molecule is CN/C(Cl)=C\CC(N)C(F)(F)F. The third kappa shape index (κ3) is 4.46. The maximum atomic E-state index is 11.8.